The number of carbonyl (C=O) groups is 2. The lowest BCUT2D eigenvalue weighted by atomic mass is 9.94. The van der Waals surface area contributed by atoms with Crippen molar-refractivity contribution in [2.45, 2.75) is 33.7 Å². The highest BCUT2D eigenvalue weighted by Crippen LogP contribution is 2.38. The Labute approximate surface area is 258 Å². The van der Waals surface area contributed by atoms with Crippen molar-refractivity contribution in [2.24, 2.45) is 4.99 Å². The van der Waals surface area contributed by atoms with E-state index in [-0.39, 0.29) is 17.7 Å². The van der Waals surface area contributed by atoms with Crippen LogP contribution in [0.1, 0.15) is 52.8 Å². The molecule has 0 saturated carbocycles. The minimum absolute atomic E-state index is 0.167. The Kier molecular flexibility index (Phi) is 8.59. The van der Waals surface area contributed by atoms with Gasteiger partial charge in [-0.2, -0.15) is 0 Å². The first-order valence-corrected chi connectivity index (χ1v) is 14.7. The normalized spacial score (nSPS) is 14.6. The zero-order valence-corrected chi connectivity index (χ0v) is 26.4. The SMILES string of the molecule is CCOC(=O)C1=C(C)N=c2s/c(=C/c3cc(C)n(-c4cccc(C(=O)OC)c4)c3C)c(=O)n2[C@H]1c1cc(OC)ccc1OC. The van der Waals surface area contributed by atoms with Crippen LogP contribution in [0.4, 0.5) is 0 Å². The molecule has 0 radical (unpaired) electrons. The quantitative estimate of drug-likeness (QED) is 0.276. The average Bonchev–Trinajstić information content (AvgIpc) is 3.48. The number of fused-ring (bicyclic) bond motifs is 1. The van der Waals surface area contributed by atoms with Crippen molar-refractivity contribution in [1.29, 1.82) is 0 Å². The van der Waals surface area contributed by atoms with Crippen LogP contribution in [-0.4, -0.2) is 49.0 Å². The molecule has 2 aromatic heterocycles. The summed E-state index contributed by atoms with van der Waals surface area (Å²) in [6.45, 7) is 7.54. The van der Waals surface area contributed by atoms with Crippen LogP contribution >= 0.6 is 11.3 Å². The molecule has 0 fully saturated rings. The van der Waals surface area contributed by atoms with Crippen molar-refractivity contribution >= 4 is 29.4 Å². The van der Waals surface area contributed by atoms with Gasteiger partial charge in [0.15, 0.2) is 4.80 Å². The van der Waals surface area contributed by atoms with E-state index in [0.717, 1.165) is 22.6 Å². The molecule has 2 aromatic carbocycles. The topological polar surface area (TPSA) is 110 Å². The summed E-state index contributed by atoms with van der Waals surface area (Å²) in [6.07, 6.45) is 1.83. The van der Waals surface area contributed by atoms with Gasteiger partial charge < -0.3 is 23.5 Å². The molecule has 0 aliphatic carbocycles. The van der Waals surface area contributed by atoms with E-state index in [1.807, 2.05) is 36.6 Å². The summed E-state index contributed by atoms with van der Waals surface area (Å²) in [6, 6.07) is 13.6. The van der Waals surface area contributed by atoms with Crippen LogP contribution in [0.2, 0.25) is 0 Å². The lowest BCUT2D eigenvalue weighted by Crippen LogP contribution is -2.40. The van der Waals surface area contributed by atoms with Gasteiger partial charge in [0.05, 0.1) is 49.3 Å². The second-order valence-corrected chi connectivity index (χ2v) is 11.1. The molecule has 1 aliphatic heterocycles. The van der Waals surface area contributed by atoms with Crippen LogP contribution < -0.4 is 24.4 Å². The van der Waals surface area contributed by atoms with Crippen molar-refractivity contribution < 1.29 is 28.5 Å². The number of benzene rings is 2. The monoisotopic (exact) mass is 615 g/mol. The fraction of sp³-hybridized carbons (Fsp3) is 0.273. The molecule has 0 unspecified atom stereocenters. The molecule has 0 saturated heterocycles. The summed E-state index contributed by atoms with van der Waals surface area (Å²) < 4.78 is 25.4. The van der Waals surface area contributed by atoms with Gasteiger partial charge in [-0.1, -0.05) is 17.4 Å². The number of thiazole rings is 1. The first-order chi connectivity index (χ1) is 21.1. The molecule has 0 spiro atoms. The number of aryl methyl sites for hydroxylation is 1. The number of carbonyl (C=O) groups excluding carboxylic acids is 2. The fourth-order valence-corrected chi connectivity index (χ4v) is 6.54. The molecule has 11 heteroatoms. The van der Waals surface area contributed by atoms with Gasteiger partial charge in [0.1, 0.15) is 17.5 Å². The van der Waals surface area contributed by atoms with E-state index in [1.54, 1.807) is 57.4 Å². The Balaban J connectivity index is 1.71. The van der Waals surface area contributed by atoms with E-state index >= 15 is 0 Å². The number of esters is 2. The third-order valence-corrected chi connectivity index (χ3v) is 8.51. The number of rotatable bonds is 8. The van der Waals surface area contributed by atoms with Gasteiger partial charge in [-0.05, 0) is 81.8 Å². The van der Waals surface area contributed by atoms with Crippen LogP contribution in [-0.2, 0) is 14.3 Å². The van der Waals surface area contributed by atoms with Gasteiger partial charge in [0, 0.05) is 22.6 Å². The fourth-order valence-electron chi connectivity index (χ4n) is 5.50. The van der Waals surface area contributed by atoms with Crippen LogP contribution in [0.25, 0.3) is 11.8 Å². The Bertz CT molecular complexity index is 2000. The molecule has 10 nitrogen and oxygen atoms in total. The van der Waals surface area contributed by atoms with E-state index in [2.05, 4.69) is 4.99 Å². The van der Waals surface area contributed by atoms with Gasteiger partial charge in [-0.3, -0.25) is 9.36 Å². The molecule has 1 aliphatic rings. The van der Waals surface area contributed by atoms with Gasteiger partial charge in [-0.25, -0.2) is 14.6 Å². The van der Waals surface area contributed by atoms with E-state index < -0.39 is 18.0 Å². The van der Waals surface area contributed by atoms with E-state index in [9.17, 15) is 14.4 Å². The Morgan fingerprint density at radius 3 is 2.45 bits per heavy atom. The van der Waals surface area contributed by atoms with Crippen molar-refractivity contribution in [2.75, 3.05) is 27.9 Å². The lowest BCUT2D eigenvalue weighted by molar-refractivity contribution is -0.139. The molecule has 1 atom stereocenters. The number of methoxy groups -OCH3 is 3. The number of nitrogens with zero attached hydrogens (tertiary/aromatic N) is 3. The van der Waals surface area contributed by atoms with Crippen molar-refractivity contribution in [3.8, 4) is 17.2 Å². The standard InChI is InChI=1S/C33H33N3O7S/c1-8-43-32(39)28-19(3)34-33-36(29(28)25-17-24(40-5)12-13-26(25)41-6)30(37)27(44-33)16-22-14-18(2)35(20(22)4)23-11-9-10-21(15-23)31(38)42-7/h9-17,29H,8H2,1-7H3/b27-16+/t29-/m0/s1. The predicted octanol–water partition coefficient (Wildman–Crippen LogP) is 4.01. The van der Waals surface area contributed by atoms with Crippen LogP contribution in [0.3, 0.4) is 0 Å². The van der Waals surface area contributed by atoms with Gasteiger partial charge in [0.25, 0.3) is 5.56 Å². The molecule has 0 bridgehead atoms. The van der Waals surface area contributed by atoms with Gasteiger partial charge in [-0.15, -0.1) is 0 Å². The highest BCUT2D eigenvalue weighted by molar-refractivity contribution is 7.07. The molecule has 5 rings (SSSR count). The smallest absolute Gasteiger partial charge is 0.338 e. The second-order valence-electron chi connectivity index (χ2n) is 10.1. The predicted molar refractivity (Wildman–Crippen MR) is 167 cm³/mol. The first-order valence-electron chi connectivity index (χ1n) is 13.9. The minimum Gasteiger partial charge on any atom is -0.497 e. The minimum atomic E-state index is -0.856. The molecule has 44 heavy (non-hydrogen) atoms. The third-order valence-electron chi connectivity index (χ3n) is 7.53. The van der Waals surface area contributed by atoms with Crippen molar-refractivity contribution in [3.05, 3.63) is 108 Å². The number of aromatic nitrogens is 2. The van der Waals surface area contributed by atoms with Gasteiger partial charge >= 0.3 is 11.9 Å². The van der Waals surface area contributed by atoms with Crippen molar-refractivity contribution in [3.63, 3.8) is 0 Å². The van der Waals surface area contributed by atoms with Gasteiger partial charge in [0.2, 0.25) is 0 Å². The summed E-state index contributed by atoms with van der Waals surface area (Å²) >= 11 is 1.24. The number of ether oxygens (including phenoxy) is 4. The number of allylic oxidation sites excluding steroid dienone is 1. The number of hydrogen-bond acceptors (Lipinski definition) is 9. The average molecular weight is 616 g/mol. The first kappa shape index (κ1) is 30.6. The molecular formula is C33H33N3O7S. The van der Waals surface area contributed by atoms with Crippen LogP contribution in [0.15, 0.2) is 69.6 Å². The maximum Gasteiger partial charge on any atom is 0.338 e. The maximum atomic E-state index is 14.2. The van der Waals surface area contributed by atoms with E-state index in [0.29, 0.717) is 37.7 Å². The largest absolute Gasteiger partial charge is 0.497 e. The molecule has 0 amide bonds. The maximum absolute atomic E-state index is 14.2. The zero-order chi connectivity index (χ0) is 31.7. The summed E-state index contributed by atoms with van der Waals surface area (Å²) in [5, 5.41) is 0. The summed E-state index contributed by atoms with van der Waals surface area (Å²) in [7, 11) is 4.43. The second kappa shape index (κ2) is 12.4. The van der Waals surface area contributed by atoms with Crippen LogP contribution in [0.5, 0.6) is 11.5 Å². The summed E-state index contributed by atoms with van der Waals surface area (Å²) in [5.41, 5.74) is 4.82. The van der Waals surface area contributed by atoms with E-state index in [1.165, 1.54) is 30.1 Å². The third kappa shape index (κ3) is 5.35. The highest BCUT2D eigenvalue weighted by Gasteiger charge is 2.35. The molecule has 4 aromatic rings. The molecule has 3 heterocycles. The Hall–Kier alpha value is -4.90. The molecule has 228 valence electrons. The lowest BCUT2D eigenvalue weighted by Gasteiger charge is -2.26. The van der Waals surface area contributed by atoms with E-state index in [4.69, 9.17) is 18.9 Å². The number of hydrogen-bond donors (Lipinski definition) is 0. The molecule has 0 N–H and O–H groups in total. The van der Waals surface area contributed by atoms with Crippen LogP contribution in [0, 0.1) is 13.8 Å². The zero-order valence-electron chi connectivity index (χ0n) is 25.6. The summed E-state index contributed by atoms with van der Waals surface area (Å²) in [5.74, 6) is 0.0510. The Morgan fingerprint density at radius 1 is 1.00 bits per heavy atom. The summed E-state index contributed by atoms with van der Waals surface area (Å²) in [4.78, 5) is 44.8. The Morgan fingerprint density at radius 2 is 1.77 bits per heavy atom. The van der Waals surface area contributed by atoms with Crippen molar-refractivity contribution in [1.82, 2.24) is 9.13 Å². The highest BCUT2D eigenvalue weighted by atomic mass is 32.1. The molecular weight excluding hydrogens is 582 g/mol.